The van der Waals surface area contributed by atoms with Crippen LogP contribution >= 0.6 is 11.3 Å². The van der Waals surface area contributed by atoms with E-state index in [9.17, 15) is 8.42 Å². The average molecular weight is 282 g/mol. The molecule has 4 nitrogen and oxygen atoms in total. The van der Waals surface area contributed by atoms with E-state index in [2.05, 4.69) is 10.3 Å². The minimum Gasteiger partial charge on any atom is -0.306 e. The molecular formula is C12H14N2O2S2. The van der Waals surface area contributed by atoms with Crippen molar-refractivity contribution in [2.24, 2.45) is 0 Å². The second kappa shape index (κ2) is 4.29. The molecule has 0 bridgehead atoms. The van der Waals surface area contributed by atoms with Gasteiger partial charge in [-0.05, 0) is 19.1 Å². The molecule has 2 unspecified atom stereocenters. The molecule has 2 aromatic rings. The van der Waals surface area contributed by atoms with E-state index >= 15 is 0 Å². The van der Waals surface area contributed by atoms with Crippen LogP contribution in [0.1, 0.15) is 18.0 Å². The maximum atomic E-state index is 11.9. The fourth-order valence-electron chi connectivity index (χ4n) is 2.09. The zero-order valence-electron chi connectivity index (χ0n) is 9.96. The summed E-state index contributed by atoms with van der Waals surface area (Å²) >= 11 is 1.57. The third kappa shape index (κ3) is 2.04. The highest BCUT2D eigenvalue weighted by Crippen LogP contribution is 2.29. The third-order valence-corrected chi connectivity index (χ3v) is 6.61. The fourth-order valence-corrected chi connectivity index (χ4v) is 4.66. The lowest BCUT2D eigenvalue weighted by Gasteiger charge is -2.26. The Morgan fingerprint density at radius 1 is 1.39 bits per heavy atom. The van der Waals surface area contributed by atoms with Crippen LogP contribution in [0, 0.1) is 0 Å². The summed E-state index contributed by atoms with van der Waals surface area (Å²) in [5.74, 6) is 0.147. The zero-order valence-corrected chi connectivity index (χ0v) is 11.6. The highest BCUT2D eigenvalue weighted by molar-refractivity contribution is 7.92. The van der Waals surface area contributed by atoms with Gasteiger partial charge in [0.25, 0.3) is 0 Å². The minimum atomic E-state index is -2.99. The molecule has 6 heteroatoms. The second-order valence-corrected chi connectivity index (χ2v) is 8.15. The first kappa shape index (κ1) is 12.1. The lowest BCUT2D eigenvalue weighted by atomic mass is 10.3. The van der Waals surface area contributed by atoms with Crippen molar-refractivity contribution in [1.29, 1.82) is 0 Å². The van der Waals surface area contributed by atoms with E-state index < -0.39 is 9.84 Å². The highest BCUT2D eigenvalue weighted by Gasteiger charge is 2.33. The molecule has 18 heavy (non-hydrogen) atoms. The van der Waals surface area contributed by atoms with Crippen LogP contribution in [-0.4, -0.2) is 30.9 Å². The summed E-state index contributed by atoms with van der Waals surface area (Å²) in [6.45, 7) is 2.25. The summed E-state index contributed by atoms with van der Waals surface area (Å²) in [6, 6.07) is 7.71. The van der Waals surface area contributed by atoms with Crippen molar-refractivity contribution < 1.29 is 8.42 Å². The molecule has 1 aromatic carbocycles. The van der Waals surface area contributed by atoms with Crippen LogP contribution in [0.4, 0.5) is 0 Å². The number of para-hydroxylation sites is 1. The number of fused-ring (bicyclic) bond motifs is 1. The quantitative estimate of drug-likeness (QED) is 0.865. The van der Waals surface area contributed by atoms with Gasteiger partial charge in [-0.2, -0.15) is 0 Å². The second-order valence-electron chi connectivity index (χ2n) is 4.62. The Kier molecular flexibility index (Phi) is 2.88. The van der Waals surface area contributed by atoms with E-state index in [0.29, 0.717) is 6.54 Å². The van der Waals surface area contributed by atoms with Gasteiger partial charge in [-0.25, -0.2) is 13.4 Å². The van der Waals surface area contributed by atoms with Crippen LogP contribution in [0.15, 0.2) is 24.3 Å². The summed E-state index contributed by atoms with van der Waals surface area (Å²) in [4.78, 5) is 4.52. The zero-order chi connectivity index (χ0) is 12.8. The van der Waals surface area contributed by atoms with Gasteiger partial charge in [-0.15, -0.1) is 11.3 Å². The molecule has 1 aliphatic heterocycles. The van der Waals surface area contributed by atoms with E-state index in [1.807, 2.05) is 24.3 Å². The molecule has 0 aliphatic carbocycles. The van der Waals surface area contributed by atoms with Crippen LogP contribution in [0.5, 0.6) is 0 Å². The summed E-state index contributed by atoms with van der Waals surface area (Å²) < 4.78 is 24.9. The van der Waals surface area contributed by atoms with Crippen LogP contribution in [0.25, 0.3) is 10.2 Å². The largest absolute Gasteiger partial charge is 0.306 e. The van der Waals surface area contributed by atoms with Crippen molar-refractivity contribution in [3.8, 4) is 0 Å². The van der Waals surface area contributed by atoms with Crippen LogP contribution in [0.3, 0.4) is 0 Å². The third-order valence-electron chi connectivity index (χ3n) is 3.27. The van der Waals surface area contributed by atoms with E-state index in [-0.39, 0.29) is 17.0 Å². The summed E-state index contributed by atoms with van der Waals surface area (Å²) in [7, 11) is -2.99. The Morgan fingerprint density at radius 3 is 2.89 bits per heavy atom. The summed E-state index contributed by atoms with van der Waals surface area (Å²) in [5, 5.41) is 3.84. The highest BCUT2D eigenvalue weighted by atomic mass is 32.2. The predicted molar refractivity (Wildman–Crippen MR) is 73.6 cm³/mol. The Labute approximate surface area is 110 Å². The smallest absolute Gasteiger partial charge is 0.156 e. The number of nitrogens with one attached hydrogen (secondary N) is 1. The van der Waals surface area contributed by atoms with E-state index in [1.165, 1.54) is 0 Å². The lowest BCUT2D eigenvalue weighted by Crippen LogP contribution is -2.44. The summed E-state index contributed by atoms with van der Waals surface area (Å²) in [6.07, 6.45) is 0. The first-order valence-corrected chi connectivity index (χ1v) is 8.40. The Balaban J connectivity index is 1.96. The van der Waals surface area contributed by atoms with Gasteiger partial charge in [-0.3, -0.25) is 0 Å². The number of nitrogens with zero attached hydrogens (tertiary/aromatic N) is 1. The topological polar surface area (TPSA) is 59.1 Å². The van der Waals surface area contributed by atoms with Gasteiger partial charge >= 0.3 is 0 Å². The number of sulfone groups is 1. The van der Waals surface area contributed by atoms with Crippen LogP contribution in [0.2, 0.25) is 0 Å². The molecular weight excluding hydrogens is 268 g/mol. The molecule has 1 N–H and O–H groups in total. The Bertz CT molecular complexity index is 645. The Morgan fingerprint density at radius 2 is 2.17 bits per heavy atom. The van der Waals surface area contributed by atoms with E-state index in [4.69, 9.17) is 0 Å². The van der Waals surface area contributed by atoms with Crippen LogP contribution in [-0.2, 0) is 9.84 Å². The molecule has 1 aliphatic rings. The maximum absolute atomic E-state index is 11.9. The summed E-state index contributed by atoms with van der Waals surface area (Å²) in [5.41, 5.74) is 0.940. The van der Waals surface area contributed by atoms with Crippen molar-refractivity contribution in [1.82, 2.24) is 10.3 Å². The SMILES string of the molecule is CC1CNC(c2nc3ccccc3s2)CS1(=O)=O. The molecule has 1 aromatic heterocycles. The van der Waals surface area contributed by atoms with Crippen molar-refractivity contribution in [3.63, 3.8) is 0 Å². The first-order valence-electron chi connectivity index (χ1n) is 5.87. The number of hydrogen-bond acceptors (Lipinski definition) is 5. The van der Waals surface area contributed by atoms with Gasteiger partial charge in [0.1, 0.15) is 5.01 Å². The van der Waals surface area contributed by atoms with Gasteiger partial charge in [0.05, 0.1) is 27.3 Å². The van der Waals surface area contributed by atoms with E-state index in [0.717, 1.165) is 15.2 Å². The molecule has 2 atom stereocenters. The number of thiazole rings is 1. The molecule has 96 valence electrons. The molecule has 0 spiro atoms. The van der Waals surface area contributed by atoms with Crippen molar-refractivity contribution in [3.05, 3.63) is 29.3 Å². The standard InChI is InChI=1S/C12H14N2O2S2/c1-8-6-13-10(7-18(8,15)16)12-14-9-4-2-3-5-11(9)17-12/h2-5,8,10,13H,6-7H2,1H3. The van der Waals surface area contributed by atoms with Gasteiger partial charge in [0.15, 0.2) is 9.84 Å². The van der Waals surface area contributed by atoms with Gasteiger partial charge < -0.3 is 5.32 Å². The molecule has 2 heterocycles. The molecule has 0 saturated carbocycles. The minimum absolute atomic E-state index is 0.147. The molecule has 1 fully saturated rings. The van der Waals surface area contributed by atoms with Gasteiger partial charge in [-0.1, -0.05) is 12.1 Å². The van der Waals surface area contributed by atoms with Crippen molar-refractivity contribution in [2.75, 3.05) is 12.3 Å². The molecule has 0 amide bonds. The number of aromatic nitrogens is 1. The normalized spacial score (nSPS) is 27.4. The number of rotatable bonds is 1. The fraction of sp³-hybridized carbons (Fsp3) is 0.417. The number of hydrogen-bond donors (Lipinski definition) is 1. The molecule has 0 radical (unpaired) electrons. The average Bonchev–Trinajstić information content (AvgIpc) is 2.76. The van der Waals surface area contributed by atoms with Gasteiger partial charge in [0.2, 0.25) is 0 Å². The van der Waals surface area contributed by atoms with Gasteiger partial charge in [0, 0.05) is 6.54 Å². The van der Waals surface area contributed by atoms with Crippen molar-refractivity contribution in [2.45, 2.75) is 18.2 Å². The monoisotopic (exact) mass is 282 g/mol. The molecule has 3 rings (SSSR count). The number of benzene rings is 1. The predicted octanol–water partition coefficient (Wildman–Crippen LogP) is 1.74. The maximum Gasteiger partial charge on any atom is 0.156 e. The molecule has 1 saturated heterocycles. The lowest BCUT2D eigenvalue weighted by molar-refractivity contribution is 0.501. The Hall–Kier alpha value is -0.980. The van der Waals surface area contributed by atoms with Crippen LogP contribution < -0.4 is 5.32 Å². The van der Waals surface area contributed by atoms with Crippen molar-refractivity contribution >= 4 is 31.4 Å². The van der Waals surface area contributed by atoms with E-state index in [1.54, 1.807) is 18.3 Å². The first-order chi connectivity index (χ1) is 8.56.